The standard InChI is InChI=1S/C10H12N2O5S/c1-5(10(14)15)11(3)9(13)8-4-7(12(16)17)6(2)18-8/h4-5H,1-3H3,(H,14,15). The Hall–Kier alpha value is -1.96. The quantitative estimate of drug-likeness (QED) is 0.661. The number of amides is 1. The molecule has 1 heterocycles. The lowest BCUT2D eigenvalue weighted by atomic mass is 10.3. The average Bonchev–Trinajstić information content (AvgIpc) is 2.68. The number of carbonyl (C=O) groups is 2. The van der Waals surface area contributed by atoms with Crippen LogP contribution in [0.2, 0.25) is 0 Å². The van der Waals surface area contributed by atoms with Gasteiger partial charge in [0.15, 0.2) is 0 Å². The number of hydrogen-bond donors (Lipinski definition) is 1. The Morgan fingerprint density at radius 3 is 2.50 bits per heavy atom. The summed E-state index contributed by atoms with van der Waals surface area (Å²) in [7, 11) is 1.35. The molecule has 1 rings (SSSR count). The molecule has 98 valence electrons. The molecule has 0 aliphatic rings. The second-order valence-corrected chi connectivity index (χ2v) is 5.00. The maximum Gasteiger partial charge on any atom is 0.326 e. The normalized spacial score (nSPS) is 11.9. The van der Waals surface area contributed by atoms with E-state index in [0.717, 1.165) is 16.2 Å². The van der Waals surface area contributed by atoms with Crippen molar-refractivity contribution in [1.29, 1.82) is 0 Å². The molecule has 1 aromatic heterocycles. The highest BCUT2D eigenvalue weighted by molar-refractivity contribution is 7.14. The molecule has 1 amide bonds. The van der Waals surface area contributed by atoms with Gasteiger partial charge in [-0.15, -0.1) is 11.3 Å². The summed E-state index contributed by atoms with van der Waals surface area (Å²) in [6, 6.07) is 0.187. The second-order valence-electron chi connectivity index (χ2n) is 3.74. The lowest BCUT2D eigenvalue weighted by molar-refractivity contribution is -0.385. The number of likely N-dealkylation sites (N-methyl/N-ethyl adjacent to an activating group) is 1. The van der Waals surface area contributed by atoms with Gasteiger partial charge >= 0.3 is 5.97 Å². The van der Waals surface area contributed by atoms with Gasteiger partial charge in [-0.25, -0.2) is 4.79 Å². The highest BCUT2D eigenvalue weighted by Gasteiger charge is 2.26. The van der Waals surface area contributed by atoms with E-state index >= 15 is 0 Å². The zero-order chi connectivity index (χ0) is 14.0. The van der Waals surface area contributed by atoms with Crippen molar-refractivity contribution >= 4 is 28.9 Å². The smallest absolute Gasteiger partial charge is 0.326 e. The van der Waals surface area contributed by atoms with E-state index < -0.39 is 22.8 Å². The Balaban J connectivity index is 3.01. The van der Waals surface area contributed by atoms with Crippen molar-refractivity contribution in [2.75, 3.05) is 7.05 Å². The predicted molar refractivity (Wildman–Crippen MR) is 64.9 cm³/mol. The van der Waals surface area contributed by atoms with E-state index in [1.807, 2.05) is 0 Å². The Kier molecular flexibility index (Phi) is 4.02. The van der Waals surface area contributed by atoms with E-state index in [1.54, 1.807) is 6.92 Å². The Morgan fingerprint density at radius 2 is 2.11 bits per heavy atom. The van der Waals surface area contributed by atoms with E-state index in [4.69, 9.17) is 5.11 Å². The molecule has 1 N–H and O–H groups in total. The third kappa shape index (κ3) is 2.65. The first-order chi connectivity index (χ1) is 8.25. The molecule has 1 unspecified atom stereocenters. The van der Waals surface area contributed by atoms with Gasteiger partial charge in [0.2, 0.25) is 0 Å². The zero-order valence-electron chi connectivity index (χ0n) is 10.0. The van der Waals surface area contributed by atoms with Gasteiger partial charge in [-0.1, -0.05) is 0 Å². The third-order valence-corrected chi connectivity index (χ3v) is 3.59. The van der Waals surface area contributed by atoms with Crippen molar-refractivity contribution in [2.45, 2.75) is 19.9 Å². The van der Waals surface area contributed by atoms with Crippen molar-refractivity contribution in [3.63, 3.8) is 0 Å². The van der Waals surface area contributed by atoms with Gasteiger partial charge < -0.3 is 10.0 Å². The molecule has 0 radical (unpaired) electrons. The number of nitro groups is 1. The van der Waals surface area contributed by atoms with Crippen LogP contribution in [0.15, 0.2) is 6.07 Å². The highest BCUT2D eigenvalue weighted by Crippen LogP contribution is 2.29. The number of thiophene rings is 1. The Labute approximate surface area is 107 Å². The minimum atomic E-state index is -1.13. The molecular weight excluding hydrogens is 260 g/mol. The van der Waals surface area contributed by atoms with Crippen LogP contribution >= 0.6 is 11.3 Å². The largest absolute Gasteiger partial charge is 0.480 e. The predicted octanol–water partition coefficient (Wildman–Crippen LogP) is 1.51. The van der Waals surface area contributed by atoms with E-state index in [0.29, 0.717) is 4.88 Å². The summed E-state index contributed by atoms with van der Waals surface area (Å²) in [6.07, 6.45) is 0. The number of nitrogens with zero attached hydrogens (tertiary/aromatic N) is 2. The highest BCUT2D eigenvalue weighted by atomic mass is 32.1. The van der Waals surface area contributed by atoms with Crippen molar-refractivity contribution in [3.8, 4) is 0 Å². The van der Waals surface area contributed by atoms with Gasteiger partial charge in [0.1, 0.15) is 6.04 Å². The minimum absolute atomic E-state index is 0.125. The molecule has 0 saturated heterocycles. The fraction of sp³-hybridized carbons (Fsp3) is 0.400. The van der Waals surface area contributed by atoms with Crippen molar-refractivity contribution < 1.29 is 19.6 Å². The van der Waals surface area contributed by atoms with Crippen LogP contribution in [0.25, 0.3) is 0 Å². The van der Waals surface area contributed by atoms with Gasteiger partial charge in [0.05, 0.1) is 14.7 Å². The third-order valence-electron chi connectivity index (χ3n) is 2.56. The second kappa shape index (κ2) is 5.13. The lowest BCUT2D eigenvalue weighted by Crippen LogP contribution is -2.39. The number of carbonyl (C=O) groups excluding carboxylic acids is 1. The van der Waals surface area contributed by atoms with Crippen LogP contribution in [0.3, 0.4) is 0 Å². The minimum Gasteiger partial charge on any atom is -0.480 e. The number of aryl methyl sites for hydroxylation is 1. The molecule has 0 aromatic carbocycles. The van der Waals surface area contributed by atoms with Crippen molar-refractivity contribution in [3.05, 3.63) is 25.9 Å². The van der Waals surface area contributed by atoms with E-state index in [1.165, 1.54) is 20.0 Å². The maximum atomic E-state index is 11.9. The van der Waals surface area contributed by atoms with Crippen LogP contribution in [-0.4, -0.2) is 39.9 Å². The summed E-state index contributed by atoms with van der Waals surface area (Å²) >= 11 is 0.982. The first-order valence-corrected chi connectivity index (χ1v) is 5.82. The number of aliphatic carboxylic acids is 1. The SMILES string of the molecule is Cc1sc(C(=O)N(C)C(C)C(=O)O)cc1[N+](=O)[O-]. The summed E-state index contributed by atoms with van der Waals surface area (Å²) in [5, 5.41) is 19.5. The number of carboxylic acid groups (broad SMARTS) is 1. The monoisotopic (exact) mass is 272 g/mol. The van der Waals surface area contributed by atoms with E-state index in [-0.39, 0.29) is 10.6 Å². The fourth-order valence-corrected chi connectivity index (χ4v) is 2.24. The summed E-state index contributed by atoms with van der Waals surface area (Å²) in [5.41, 5.74) is -0.125. The molecule has 1 atom stereocenters. The van der Waals surface area contributed by atoms with Gasteiger partial charge in [-0.2, -0.15) is 0 Å². The fourth-order valence-electron chi connectivity index (χ4n) is 1.27. The van der Waals surface area contributed by atoms with E-state index in [9.17, 15) is 19.7 Å². The molecule has 0 aliphatic heterocycles. The molecule has 0 spiro atoms. The van der Waals surface area contributed by atoms with Gasteiger partial charge in [-0.05, 0) is 13.8 Å². The number of rotatable bonds is 4. The summed E-state index contributed by atoms with van der Waals surface area (Å²) in [4.78, 5) is 34.4. The molecule has 0 saturated carbocycles. The molecule has 7 nitrogen and oxygen atoms in total. The Bertz CT molecular complexity index is 510. The van der Waals surface area contributed by atoms with E-state index in [2.05, 4.69) is 0 Å². The molecule has 8 heteroatoms. The zero-order valence-corrected chi connectivity index (χ0v) is 10.9. The average molecular weight is 272 g/mol. The molecular formula is C10H12N2O5S. The summed E-state index contributed by atoms with van der Waals surface area (Å²) < 4.78 is 0. The van der Waals surface area contributed by atoms with Gasteiger partial charge in [-0.3, -0.25) is 14.9 Å². The molecule has 0 aliphatic carbocycles. The van der Waals surface area contributed by atoms with Crippen molar-refractivity contribution in [2.24, 2.45) is 0 Å². The first-order valence-electron chi connectivity index (χ1n) is 5.00. The Morgan fingerprint density at radius 1 is 1.56 bits per heavy atom. The van der Waals surface area contributed by atoms with Crippen LogP contribution in [0.1, 0.15) is 21.5 Å². The lowest BCUT2D eigenvalue weighted by Gasteiger charge is -2.20. The number of hydrogen-bond acceptors (Lipinski definition) is 5. The topological polar surface area (TPSA) is 101 Å². The molecule has 0 bridgehead atoms. The number of carboxylic acids is 1. The van der Waals surface area contributed by atoms with Crippen LogP contribution in [0.4, 0.5) is 5.69 Å². The summed E-state index contributed by atoms with van der Waals surface area (Å²) in [6.45, 7) is 2.91. The molecule has 1 aromatic rings. The maximum absolute atomic E-state index is 11.9. The van der Waals surface area contributed by atoms with Crippen LogP contribution in [0.5, 0.6) is 0 Å². The van der Waals surface area contributed by atoms with Crippen molar-refractivity contribution in [1.82, 2.24) is 4.90 Å². The molecule has 0 fully saturated rings. The van der Waals surface area contributed by atoms with Crippen LogP contribution in [0, 0.1) is 17.0 Å². The molecule has 18 heavy (non-hydrogen) atoms. The van der Waals surface area contributed by atoms with Crippen LogP contribution < -0.4 is 0 Å². The summed E-state index contributed by atoms with van der Waals surface area (Å²) in [5.74, 6) is -1.67. The van der Waals surface area contributed by atoms with Gasteiger partial charge in [0.25, 0.3) is 11.6 Å². The van der Waals surface area contributed by atoms with Gasteiger partial charge in [0, 0.05) is 13.1 Å². The van der Waals surface area contributed by atoms with Crippen LogP contribution in [-0.2, 0) is 4.79 Å². The first kappa shape index (κ1) is 14.1.